The molecule has 0 saturated carbocycles. The number of hydrogen-bond donors (Lipinski definition) is 1. The molecule has 1 N–H and O–H groups in total. The molecule has 1 atom stereocenters. The van der Waals surface area contributed by atoms with E-state index in [9.17, 15) is 4.39 Å². The number of rotatable bonds is 5. The summed E-state index contributed by atoms with van der Waals surface area (Å²) in [7, 11) is 4.89. The molecule has 21 heavy (non-hydrogen) atoms. The summed E-state index contributed by atoms with van der Waals surface area (Å²) in [4.78, 5) is 0. The van der Waals surface area contributed by atoms with Crippen LogP contribution < -0.4 is 14.8 Å². The van der Waals surface area contributed by atoms with E-state index >= 15 is 0 Å². The Bertz CT molecular complexity index is 613. The second-order valence-corrected chi connectivity index (χ2v) is 4.88. The maximum absolute atomic E-state index is 14.1. The lowest BCUT2D eigenvalue weighted by Crippen LogP contribution is -2.19. The van der Waals surface area contributed by atoms with E-state index in [0.29, 0.717) is 22.1 Å². The molecule has 0 spiro atoms. The van der Waals surface area contributed by atoms with Crippen LogP contribution in [0, 0.1) is 5.82 Å². The van der Waals surface area contributed by atoms with E-state index in [0.717, 1.165) is 5.56 Å². The van der Waals surface area contributed by atoms with Crippen LogP contribution in [-0.2, 0) is 0 Å². The summed E-state index contributed by atoms with van der Waals surface area (Å²) in [5, 5.41) is 3.46. The van der Waals surface area contributed by atoms with Gasteiger partial charge in [0.1, 0.15) is 5.82 Å². The summed E-state index contributed by atoms with van der Waals surface area (Å²) in [5.74, 6) is 0.857. The molecule has 5 heteroatoms. The van der Waals surface area contributed by atoms with E-state index in [4.69, 9.17) is 21.1 Å². The van der Waals surface area contributed by atoms with Gasteiger partial charge in [0.15, 0.2) is 11.5 Å². The number of halogens is 2. The summed E-state index contributed by atoms with van der Waals surface area (Å²) in [6.07, 6.45) is 0. The second kappa shape index (κ2) is 6.78. The monoisotopic (exact) mass is 309 g/mol. The summed E-state index contributed by atoms with van der Waals surface area (Å²) in [6, 6.07) is 9.72. The molecule has 2 aromatic carbocycles. The fourth-order valence-electron chi connectivity index (χ4n) is 2.30. The lowest BCUT2D eigenvalue weighted by molar-refractivity contribution is 0.354. The Morgan fingerprint density at radius 3 is 2.38 bits per heavy atom. The van der Waals surface area contributed by atoms with Gasteiger partial charge in [0, 0.05) is 10.6 Å². The van der Waals surface area contributed by atoms with Crippen LogP contribution in [0.1, 0.15) is 17.2 Å². The van der Waals surface area contributed by atoms with Crippen molar-refractivity contribution in [3.8, 4) is 11.5 Å². The standard InChI is InChI=1S/C16H17ClFNO2/c1-19-16(15-11(17)5-4-6-12(15)18)10-7-8-13(20-2)14(9-10)21-3/h4-9,16,19H,1-3H3. The predicted molar refractivity (Wildman–Crippen MR) is 81.9 cm³/mol. The molecule has 0 aliphatic heterocycles. The van der Waals surface area contributed by atoms with Gasteiger partial charge in [0.05, 0.1) is 20.3 Å². The zero-order chi connectivity index (χ0) is 15.4. The summed E-state index contributed by atoms with van der Waals surface area (Å²) < 4.78 is 24.6. The van der Waals surface area contributed by atoms with Crippen LogP contribution in [-0.4, -0.2) is 21.3 Å². The van der Waals surface area contributed by atoms with Gasteiger partial charge in [-0.1, -0.05) is 23.7 Å². The molecular weight excluding hydrogens is 293 g/mol. The molecule has 112 valence electrons. The van der Waals surface area contributed by atoms with Crippen molar-refractivity contribution in [3.63, 3.8) is 0 Å². The number of methoxy groups -OCH3 is 2. The molecule has 0 bridgehead atoms. The van der Waals surface area contributed by atoms with Gasteiger partial charge in [0.2, 0.25) is 0 Å². The first-order valence-corrected chi connectivity index (χ1v) is 6.83. The van der Waals surface area contributed by atoms with Crippen molar-refractivity contribution < 1.29 is 13.9 Å². The third-order valence-electron chi connectivity index (χ3n) is 3.32. The van der Waals surface area contributed by atoms with Crippen LogP contribution >= 0.6 is 11.6 Å². The molecule has 2 aromatic rings. The van der Waals surface area contributed by atoms with Gasteiger partial charge in [-0.05, 0) is 36.9 Å². The number of ether oxygens (including phenoxy) is 2. The Labute approximate surface area is 128 Å². The summed E-state index contributed by atoms with van der Waals surface area (Å²) in [6.45, 7) is 0. The van der Waals surface area contributed by atoms with Gasteiger partial charge in [-0.15, -0.1) is 0 Å². The molecule has 0 fully saturated rings. The highest BCUT2D eigenvalue weighted by Gasteiger charge is 2.20. The lowest BCUT2D eigenvalue weighted by Gasteiger charge is -2.20. The Kier molecular flexibility index (Phi) is 5.04. The highest BCUT2D eigenvalue weighted by atomic mass is 35.5. The van der Waals surface area contributed by atoms with Crippen molar-refractivity contribution in [2.75, 3.05) is 21.3 Å². The van der Waals surface area contributed by atoms with E-state index in [1.165, 1.54) is 6.07 Å². The van der Waals surface area contributed by atoms with Crippen molar-refractivity contribution in [3.05, 3.63) is 58.4 Å². The van der Waals surface area contributed by atoms with Crippen molar-refractivity contribution in [2.45, 2.75) is 6.04 Å². The minimum Gasteiger partial charge on any atom is -0.493 e. The second-order valence-electron chi connectivity index (χ2n) is 4.47. The first-order valence-electron chi connectivity index (χ1n) is 6.45. The summed E-state index contributed by atoms with van der Waals surface area (Å²) >= 11 is 6.15. The van der Waals surface area contributed by atoms with Crippen LogP contribution in [0.2, 0.25) is 5.02 Å². The Morgan fingerprint density at radius 2 is 1.81 bits per heavy atom. The summed E-state index contributed by atoms with van der Waals surface area (Å²) in [5.41, 5.74) is 1.25. The molecule has 0 aromatic heterocycles. The maximum atomic E-state index is 14.1. The number of benzene rings is 2. The molecule has 1 unspecified atom stereocenters. The van der Waals surface area contributed by atoms with Crippen molar-refractivity contribution in [2.24, 2.45) is 0 Å². The molecule has 0 radical (unpaired) electrons. The number of nitrogens with one attached hydrogen (secondary N) is 1. The molecule has 0 heterocycles. The Balaban J connectivity index is 2.51. The van der Waals surface area contributed by atoms with Gasteiger partial charge in [-0.25, -0.2) is 4.39 Å². The average molecular weight is 310 g/mol. The van der Waals surface area contributed by atoms with Crippen molar-refractivity contribution in [1.29, 1.82) is 0 Å². The average Bonchev–Trinajstić information content (AvgIpc) is 2.50. The third kappa shape index (κ3) is 3.12. The minimum absolute atomic E-state index is 0.350. The Morgan fingerprint density at radius 1 is 1.10 bits per heavy atom. The van der Waals surface area contributed by atoms with Crippen LogP contribution in [0.3, 0.4) is 0 Å². The zero-order valence-corrected chi connectivity index (χ0v) is 12.9. The normalized spacial score (nSPS) is 12.0. The molecule has 2 rings (SSSR count). The van der Waals surface area contributed by atoms with Crippen molar-refractivity contribution in [1.82, 2.24) is 5.32 Å². The van der Waals surface area contributed by atoms with E-state index in [-0.39, 0.29) is 11.9 Å². The fraction of sp³-hybridized carbons (Fsp3) is 0.250. The van der Waals surface area contributed by atoms with E-state index in [2.05, 4.69) is 5.32 Å². The van der Waals surface area contributed by atoms with Gasteiger partial charge < -0.3 is 14.8 Å². The van der Waals surface area contributed by atoms with Gasteiger partial charge in [0.25, 0.3) is 0 Å². The lowest BCUT2D eigenvalue weighted by atomic mass is 9.98. The molecular formula is C16H17ClFNO2. The highest BCUT2D eigenvalue weighted by Crippen LogP contribution is 2.35. The van der Waals surface area contributed by atoms with Gasteiger partial charge in [-0.3, -0.25) is 0 Å². The van der Waals surface area contributed by atoms with E-state index < -0.39 is 0 Å². The van der Waals surface area contributed by atoms with Crippen LogP contribution in [0.15, 0.2) is 36.4 Å². The van der Waals surface area contributed by atoms with E-state index in [1.807, 2.05) is 12.1 Å². The molecule has 0 aliphatic carbocycles. The van der Waals surface area contributed by atoms with Crippen LogP contribution in [0.4, 0.5) is 4.39 Å². The molecule has 0 aliphatic rings. The molecule has 0 saturated heterocycles. The molecule has 3 nitrogen and oxygen atoms in total. The van der Waals surface area contributed by atoms with Gasteiger partial charge in [-0.2, -0.15) is 0 Å². The first-order chi connectivity index (χ1) is 10.1. The highest BCUT2D eigenvalue weighted by molar-refractivity contribution is 6.31. The van der Waals surface area contributed by atoms with Gasteiger partial charge >= 0.3 is 0 Å². The first kappa shape index (κ1) is 15.6. The zero-order valence-electron chi connectivity index (χ0n) is 12.1. The topological polar surface area (TPSA) is 30.5 Å². The largest absolute Gasteiger partial charge is 0.493 e. The minimum atomic E-state index is -0.376. The van der Waals surface area contributed by atoms with Crippen LogP contribution in [0.5, 0.6) is 11.5 Å². The third-order valence-corrected chi connectivity index (χ3v) is 3.65. The quantitative estimate of drug-likeness (QED) is 0.911. The SMILES string of the molecule is CNC(c1ccc(OC)c(OC)c1)c1c(F)cccc1Cl. The smallest absolute Gasteiger partial charge is 0.161 e. The van der Waals surface area contributed by atoms with Crippen LogP contribution in [0.25, 0.3) is 0 Å². The maximum Gasteiger partial charge on any atom is 0.161 e. The van der Waals surface area contributed by atoms with E-state index in [1.54, 1.807) is 39.5 Å². The Hall–Kier alpha value is -1.78. The van der Waals surface area contributed by atoms with Crippen molar-refractivity contribution >= 4 is 11.6 Å². The fourth-order valence-corrected chi connectivity index (χ4v) is 2.57. The molecule has 0 amide bonds. The predicted octanol–water partition coefficient (Wildman–Crippen LogP) is 3.81. The number of hydrogen-bond acceptors (Lipinski definition) is 3.